The van der Waals surface area contributed by atoms with E-state index in [1.807, 2.05) is 22.9 Å². The molecule has 8 nitrogen and oxygen atoms in total. The molecule has 0 atom stereocenters. The summed E-state index contributed by atoms with van der Waals surface area (Å²) in [6.07, 6.45) is 2.95. The summed E-state index contributed by atoms with van der Waals surface area (Å²) in [5, 5.41) is 7.52. The zero-order chi connectivity index (χ0) is 26.1. The molecule has 0 saturated heterocycles. The molecule has 0 aliphatic carbocycles. The van der Waals surface area contributed by atoms with Crippen molar-refractivity contribution < 1.29 is 13.9 Å². The summed E-state index contributed by atoms with van der Waals surface area (Å²) in [5.74, 6) is -0.0656. The highest BCUT2D eigenvalue weighted by atomic mass is 32.1. The number of carbonyl (C=O) groups excluding carboxylic acids is 1. The lowest BCUT2D eigenvalue weighted by atomic mass is 10.2. The van der Waals surface area contributed by atoms with E-state index in [2.05, 4.69) is 20.3 Å². The van der Waals surface area contributed by atoms with E-state index in [0.29, 0.717) is 28.7 Å². The minimum atomic E-state index is -0.564. The molecule has 0 radical (unpaired) electrons. The molecule has 4 heterocycles. The van der Waals surface area contributed by atoms with Crippen molar-refractivity contribution in [1.29, 1.82) is 0 Å². The van der Waals surface area contributed by atoms with Crippen molar-refractivity contribution in [3.8, 4) is 28.6 Å². The fraction of sp³-hybridized carbons (Fsp3) is 0. The maximum absolute atomic E-state index is 13.3. The molecule has 6 aromatic rings. The molecule has 2 aromatic carbocycles. The van der Waals surface area contributed by atoms with Crippen molar-refractivity contribution in [2.75, 3.05) is 5.32 Å². The van der Waals surface area contributed by atoms with Gasteiger partial charge in [-0.2, -0.15) is 11.3 Å². The van der Waals surface area contributed by atoms with E-state index >= 15 is 0 Å². The number of nitrogens with zero attached hydrogens (tertiary/aromatic N) is 3. The Morgan fingerprint density at radius 3 is 2.61 bits per heavy atom. The highest BCUT2D eigenvalue weighted by Crippen LogP contribution is 2.31. The Balaban J connectivity index is 1.19. The van der Waals surface area contributed by atoms with Crippen LogP contribution in [0.15, 0.2) is 101 Å². The molecule has 1 amide bonds. The number of carbonyl (C=O) groups is 1. The van der Waals surface area contributed by atoms with Gasteiger partial charge in [0.25, 0.3) is 11.5 Å². The first-order valence-corrected chi connectivity index (χ1v) is 12.4. The molecule has 10 heteroatoms. The van der Waals surface area contributed by atoms with Crippen molar-refractivity contribution in [2.24, 2.45) is 0 Å². The number of benzene rings is 2. The number of anilines is 1. The number of H-pyrrole nitrogens is 1. The molecule has 6 rings (SSSR count). The number of aromatic nitrogens is 4. The van der Waals surface area contributed by atoms with Crippen LogP contribution in [0.3, 0.4) is 0 Å². The lowest BCUT2D eigenvalue weighted by Crippen LogP contribution is -2.27. The predicted molar refractivity (Wildman–Crippen MR) is 144 cm³/mol. The number of hydrogen-bond donors (Lipinski definition) is 2. The number of pyridine rings is 1. The Morgan fingerprint density at radius 1 is 1.03 bits per heavy atom. The summed E-state index contributed by atoms with van der Waals surface area (Å²) >= 11 is 1.61. The van der Waals surface area contributed by atoms with Crippen molar-refractivity contribution in [2.45, 2.75) is 0 Å². The van der Waals surface area contributed by atoms with Crippen LogP contribution < -0.4 is 15.6 Å². The van der Waals surface area contributed by atoms with E-state index in [4.69, 9.17) is 4.74 Å². The average molecular weight is 524 g/mol. The van der Waals surface area contributed by atoms with Gasteiger partial charge >= 0.3 is 0 Å². The maximum Gasteiger partial charge on any atom is 0.267 e. The van der Waals surface area contributed by atoms with Gasteiger partial charge in [-0.05, 0) is 78.2 Å². The van der Waals surface area contributed by atoms with Gasteiger partial charge in [0.1, 0.15) is 29.1 Å². The molecule has 4 aromatic heterocycles. The Bertz CT molecular complexity index is 1810. The van der Waals surface area contributed by atoms with Crippen molar-refractivity contribution in [1.82, 2.24) is 19.5 Å². The smallest absolute Gasteiger partial charge is 0.267 e. The van der Waals surface area contributed by atoms with E-state index in [0.717, 1.165) is 16.6 Å². The van der Waals surface area contributed by atoms with Crippen LogP contribution >= 0.6 is 11.3 Å². The third kappa shape index (κ3) is 4.56. The largest absolute Gasteiger partial charge is 0.438 e. The van der Waals surface area contributed by atoms with Crippen LogP contribution in [0.4, 0.5) is 10.1 Å². The van der Waals surface area contributed by atoms with Crippen LogP contribution in [0.25, 0.3) is 28.0 Å². The van der Waals surface area contributed by atoms with Crippen LogP contribution in [-0.2, 0) is 0 Å². The average Bonchev–Trinajstić information content (AvgIpc) is 3.61. The molecule has 0 saturated carbocycles. The van der Waals surface area contributed by atoms with Crippen LogP contribution in [0.2, 0.25) is 0 Å². The molecular formula is C28H18FN5O3S. The van der Waals surface area contributed by atoms with E-state index in [-0.39, 0.29) is 5.56 Å². The monoisotopic (exact) mass is 523 g/mol. The standard InChI is InChI=1S/C28H18FN5O3S/c29-18-3-7-20(8-4-18)34-12-1-2-22(28(34)36)26(35)32-19-5-9-21(10-6-19)37-27-23-14-24(17-11-13-38-15-17)33-25(23)30-16-31-27/h1-16H,(H,32,35)(H,30,31,33). The zero-order valence-corrected chi connectivity index (χ0v) is 20.4. The maximum atomic E-state index is 13.3. The van der Waals surface area contributed by atoms with Crippen molar-refractivity contribution >= 4 is 34.0 Å². The Hall–Kier alpha value is -5.09. The first kappa shape index (κ1) is 23.3. The normalized spacial score (nSPS) is 11.0. The Kier molecular flexibility index (Phi) is 5.98. The molecule has 0 spiro atoms. The van der Waals surface area contributed by atoms with Crippen molar-refractivity contribution in [3.05, 3.63) is 118 Å². The van der Waals surface area contributed by atoms with Gasteiger partial charge < -0.3 is 15.0 Å². The molecule has 0 fully saturated rings. The highest BCUT2D eigenvalue weighted by Gasteiger charge is 2.15. The van der Waals surface area contributed by atoms with Gasteiger partial charge in [-0.1, -0.05) is 0 Å². The van der Waals surface area contributed by atoms with Gasteiger partial charge in [0, 0.05) is 34.2 Å². The summed E-state index contributed by atoms with van der Waals surface area (Å²) in [4.78, 5) is 37.6. The number of nitrogens with one attached hydrogen (secondary N) is 2. The molecule has 186 valence electrons. The number of amides is 1. The number of rotatable bonds is 6. The summed E-state index contributed by atoms with van der Waals surface area (Å²) in [6, 6.07) is 19.2. The van der Waals surface area contributed by atoms with E-state index in [1.54, 1.807) is 41.7 Å². The lowest BCUT2D eigenvalue weighted by Gasteiger charge is -2.10. The van der Waals surface area contributed by atoms with Gasteiger partial charge in [-0.15, -0.1) is 0 Å². The summed E-state index contributed by atoms with van der Waals surface area (Å²) in [5.41, 5.74) is 3.01. The Labute approximate surface area is 219 Å². The minimum Gasteiger partial charge on any atom is -0.438 e. The van der Waals surface area contributed by atoms with Gasteiger partial charge in [0.05, 0.1) is 5.39 Å². The fourth-order valence-electron chi connectivity index (χ4n) is 3.96. The zero-order valence-electron chi connectivity index (χ0n) is 19.6. The quantitative estimate of drug-likeness (QED) is 0.278. The number of fused-ring (bicyclic) bond motifs is 1. The van der Waals surface area contributed by atoms with E-state index in [9.17, 15) is 14.0 Å². The number of aromatic amines is 1. The van der Waals surface area contributed by atoms with Crippen LogP contribution in [-0.4, -0.2) is 25.4 Å². The van der Waals surface area contributed by atoms with Crippen LogP contribution in [0.1, 0.15) is 10.4 Å². The van der Waals surface area contributed by atoms with E-state index in [1.165, 1.54) is 47.4 Å². The first-order valence-electron chi connectivity index (χ1n) is 11.5. The van der Waals surface area contributed by atoms with Gasteiger partial charge in [0.15, 0.2) is 0 Å². The van der Waals surface area contributed by atoms with Crippen LogP contribution in [0.5, 0.6) is 11.6 Å². The molecule has 0 aliphatic heterocycles. The minimum absolute atomic E-state index is 0.0468. The number of halogens is 1. The summed E-state index contributed by atoms with van der Waals surface area (Å²) in [6.45, 7) is 0. The number of hydrogen-bond acceptors (Lipinski definition) is 6. The fourth-order valence-corrected chi connectivity index (χ4v) is 4.62. The molecule has 0 unspecified atom stereocenters. The van der Waals surface area contributed by atoms with Gasteiger partial charge in [-0.3, -0.25) is 14.2 Å². The second kappa shape index (κ2) is 9.75. The van der Waals surface area contributed by atoms with Gasteiger partial charge in [0.2, 0.25) is 5.88 Å². The Morgan fingerprint density at radius 2 is 1.84 bits per heavy atom. The summed E-state index contributed by atoms with van der Waals surface area (Å²) in [7, 11) is 0. The topological polar surface area (TPSA) is 102 Å². The molecular weight excluding hydrogens is 505 g/mol. The molecule has 38 heavy (non-hydrogen) atoms. The third-order valence-electron chi connectivity index (χ3n) is 5.84. The number of ether oxygens (including phenoxy) is 1. The second-order valence-electron chi connectivity index (χ2n) is 8.29. The van der Waals surface area contributed by atoms with Crippen molar-refractivity contribution in [3.63, 3.8) is 0 Å². The molecule has 0 aliphatic rings. The molecule has 2 N–H and O–H groups in total. The number of thiophene rings is 1. The summed E-state index contributed by atoms with van der Waals surface area (Å²) < 4.78 is 20.5. The molecule has 0 bridgehead atoms. The first-order chi connectivity index (χ1) is 18.5. The highest BCUT2D eigenvalue weighted by molar-refractivity contribution is 7.08. The van der Waals surface area contributed by atoms with Gasteiger partial charge in [-0.25, -0.2) is 14.4 Å². The SMILES string of the molecule is O=C(Nc1ccc(Oc2ncnc3[nH]c(-c4ccsc4)cc23)cc1)c1cccn(-c2ccc(F)cc2)c1=O. The third-order valence-corrected chi connectivity index (χ3v) is 6.53. The second-order valence-corrected chi connectivity index (χ2v) is 9.07. The van der Waals surface area contributed by atoms with E-state index < -0.39 is 17.3 Å². The lowest BCUT2D eigenvalue weighted by molar-refractivity contribution is 0.102. The van der Waals surface area contributed by atoms with Crippen LogP contribution in [0, 0.1) is 5.82 Å². The predicted octanol–water partition coefficient (Wildman–Crippen LogP) is 6.02.